The predicted octanol–water partition coefficient (Wildman–Crippen LogP) is 1.61. The number of piperidine rings is 1. The van der Waals surface area contributed by atoms with Crippen molar-refractivity contribution < 1.29 is 14.3 Å². The Hall–Kier alpha value is -2.08. The van der Waals surface area contributed by atoms with Gasteiger partial charge in [0, 0.05) is 38.8 Å². The molecular formula is C20H29N3O3. The molecule has 2 heterocycles. The van der Waals surface area contributed by atoms with Crippen molar-refractivity contribution in [2.45, 2.75) is 32.2 Å². The lowest BCUT2D eigenvalue weighted by molar-refractivity contribution is -0.138. The van der Waals surface area contributed by atoms with Gasteiger partial charge in [-0.2, -0.15) is 0 Å². The van der Waals surface area contributed by atoms with Crippen LogP contribution >= 0.6 is 0 Å². The fraction of sp³-hybridized carbons (Fsp3) is 0.600. The lowest BCUT2D eigenvalue weighted by atomic mass is 10.0. The molecule has 0 aromatic heterocycles. The topological polar surface area (TPSA) is 53.1 Å². The molecule has 0 spiro atoms. The highest BCUT2D eigenvalue weighted by Gasteiger charge is 2.27. The van der Waals surface area contributed by atoms with Gasteiger partial charge < -0.3 is 14.5 Å². The third-order valence-electron chi connectivity index (χ3n) is 5.31. The zero-order chi connectivity index (χ0) is 18.4. The first-order valence-corrected chi connectivity index (χ1v) is 9.61. The molecule has 0 bridgehead atoms. The van der Waals surface area contributed by atoms with E-state index >= 15 is 0 Å². The molecule has 0 radical (unpaired) electrons. The molecule has 26 heavy (non-hydrogen) atoms. The first-order chi connectivity index (χ1) is 12.6. The fourth-order valence-corrected chi connectivity index (χ4v) is 3.66. The van der Waals surface area contributed by atoms with E-state index in [-0.39, 0.29) is 18.4 Å². The Morgan fingerprint density at radius 2 is 1.73 bits per heavy atom. The van der Waals surface area contributed by atoms with Crippen molar-refractivity contribution in [2.24, 2.45) is 0 Å². The predicted molar refractivity (Wildman–Crippen MR) is 100.0 cm³/mol. The van der Waals surface area contributed by atoms with Crippen LogP contribution in [-0.4, -0.2) is 78.4 Å². The maximum Gasteiger partial charge on any atom is 0.260 e. The zero-order valence-electron chi connectivity index (χ0n) is 15.6. The van der Waals surface area contributed by atoms with E-state index in [1.807, 2.05) is 40.1 Å². The number of carbonyl (C=O) groups excluding carboxylic acids is 2. The summed E-state index contributed by atoms with van der Waals surface area (Å²) in [6.45, 7) is 6.34. The number of para-hydroxylation sites is 1. The van der Waals surface area contributed by atoms with E-state index in [1.165, 1.54) is 6.42 Å². The molecule has 1 unspecified atom stereocenters. The highest BCUT2D eigenvalue weighted by Crippen LogP contribution is 2.17. The van der Waals surface area contributed by atoms with Gasteiger partial charge in [0.1, 0.15) is 5.75 Å². The molecule has 0 aliphatic carbocycles. The normalized spacial score (nSPS) is 21.5. The first-order valence-electron chi connectivity index (χ1n) is 9.61. The summed E-state index contributed by atoms with van der Waals surface area (Å²) in [4.78, 5) is 30.8. The van der Waals surface area contributed by atoms with Crippen LogP contribution in [0, 0.1) is 0 Å². The van der Waals surface area contributed by atoms with Crippen molar-refractivity contribution in [3.8, 4) is 5.75 Å². The molecule has 1 atom stereocenters. The molecular weight excluding hydrogens is 330 g/mol. The molecule has 3 rings (SSSR count). The van der Waals surface area contributed by atoms with Crippen LogP contribution in [0.25, 0.3) is 0 Å². The van der Waals surface area contributed by atoms with E-state index in [0.717, 1.165) is 32.5 Å². The second-order valence-corrected chi connectivity index (χ2v) is 7.19. The summed E-state index contributed by atoms with van der Waals surface area (Å²) in [7, 11) is 0. The van der Waals surface area contributed by atoms with Crippen molar-refractivity contribution in [1.29, 1.82) is 0 Å². The van der Waals surface area contributed by atoms with Crippen molar-refractivity contribution >= 4 is 11.8 Å². The number of carbonyl (C=O) groups is 2. The van der Waals surface area contributed by atoms with Gasteiger partial charge in [0.25, 0.3) is 5.91 Å². The summed E-state index contributed by atoms with van der Waals surface area (Å²) >= 11 is 0. The Bertz CT molecular complexity index is 600. The summed E-state index contributed by atoms with van der Waals surface area (Å²) in [5.41, 5.74) is 0. The molecule has 2 amide bonds. The number of hydrogen-bond acceptors (Lipinski definition) is 4. The number of amides is 2. The van der Waals surface area contributed by atoms with Crippen LogP contribution in [0.1, 0.15) is 26.2 Å². The van der Waals surface area contributed by atoms with E-state index in [2.05, 4.69) is 11.8 Å². The molecule has 6 nitrogen and oxygen atoms in total. The summed E-state index contributed by atoms with van der Waals surface area (Å²) in [5, 5.41) is 0. The summed E-state index contributed by atoms with van der Waals surface area (Å²) in [6.07, 6.45) is 3.44. The van der Waals surface area contributed by atoms with Gasteiger partial charge in [0.2, 0.25) is 5.91 Å². The number of ether oxygens (including phenoxy) is 1. The van der Waals surface area contributed by atoms with E-state index in [1.54, 1.807) is 0 Å². The van der Waals surface area contributed by atoms with Gasteiger partial charge in [0.15, 0.2) is 6.61 Å². The van der Waals surface area contributed by atoms with Gasteiger partial charge in [-0.15, -0.1) is 0 Å². The molecule has 2 aliphatic heterocycles. The van der Waals surface area contributed by atoms with Crippen molar-refractivity contribution in [1.82, 2.24) is 14.7 Å². The van der Waals surface area contributed by atoms with E-state index in [4.69, 9.17) is 4.74 Å². The zero-order valence-corrected chi connectivity index (χ0v) is 15.6. The van der Waals surface area contributed by atoms with E-state index in [0.29, 0.717) is 31.4 Å². The maximum atomic E-state index is 12.5. The minimum absolute atomic E-state index is 0.00415. The van der Waals surface area contributed by atoms with Crippen LogP contribution in [-0.2, 0) is 9.59 Å². The van der Waals surface area contributed by atoms with Crippen LogP contribution in [0.3, 0.4) is 0 Å². The van der Waals surface area contributed by atoms with Gasteiger partial charge in [-0.25, -0.2) is 0 Å². The highest BCUT2D eigenvalue weighted by atomic mass is 16.5. The first kappa shape index (κ1) is 18.7. The SMILES string of the molecule is CC1CCCCN1C(=O)CN1CCN(C(=O)COc2ccccc2)CC1. The molecule has 142 valence electrons. The summed E-state index contributed by atoms with van der Waals surface area (Å²) in [6, 6.07) is 9.74. The molecule has 6 heteroatoms. The minimum Gasteiger partial charge on any atom is -0.484 e. The smallest absolute Gasteiger partial charge is 0.260 e. The second kappa shape index (κ2) is 9.03. The average molecular weight is 359 g/mol. The highest BCUT2D eigenvalue weighted by molar-refractivity contribution is 5.79. The van der Waals surface area contributed by atoms with Crippen molar-refractivity contribution in [2.75, 3.05) is 45.9 Å². The van der Waals surface area contributed by atoms with Gasteiger partial charge >= 0.3 is 0 Å². The van der Waals surface area contributed by atoms with Crippen LogP contribution in [0.2, 0.25) is 0 Å². The summed E-state index contributed by atoms with van der Waals surface area (Å²) < 4.78 is 5.54. The van der Waals surface area contributed by atoms with Gasteiger partial charge in [0.05, 0.1) is 6.54 Å². The van der Waals surface area contributed by atoms with Crippen LogP contribution in [0.4, 0.5) is 0 Å². The largest absolute Gasteiger partial charge is 0.484 e. The van der Waals surface area contributed by atoms with Gasteiger partial charge in [-0.05, 0) is 38.3 Å². The number of nitrogens with zero attached hydrogens (tertiary/aromatic N) is 3. The van der Waals surface area contributed by atoms with Gasteiger partial charge in [-0.1, -0.05) is 18.2 Å². The van der Waals surface area contributed by atoms with E-state index in [9.17, 15) is 9.59 Å². The van der Waals surface area contributed by atoms with Crippen molar-refractivity contribution in [3.05, 3.63) is 30.3 Å². The Morgan fingerprint density at radius 1 is 1.00 bits per heavy atom. The molecule has 2 aliphatic rings. The molecule has 2 saturated heterocycles. The molecule has 0 N–H and O–H groups in total. The number of hydrogen-bond donors (Lipinski definition) is 0. The van der Waals surface area contributed by atoms with Crippen LogP contribution in [0.5, 0.6) is 5.75 Å². The number of piperazine rings is 1. The minimum atomic E-state index is 0.00415. The van der Waals surface area contributed by atoms with E-state index < -0.39 is 0 Å². The molecule has 1 aromatic carbocycles. The monoisotopic (exact) mass is 359 g/mol. The Labute approximate surface area is 155 Å². The Balaban J connectivity index is 1.39. The Morgan fingerprint density at radius 3 is 2.42 bits per heavy atom. The second-order valence-electron chi connectivity index (χ2n) is 7.19. The standard InChI is InChI=1S/C20H29N3O3/c1-17-7-5-6-10-23(17)19(24)15-21-11-13-22(14-12-21)20(25)16-26-18-8-3-2-4-9-18/h2-4,8-9,17H,5-7,10-16H2,1H3. The number of likely N-dealkylation sites (tertiary alicyclic amines) is 1. The number of rotatable bonds is 5. The lowest BCUT2D eigenvalue weighted by Crippen LogP contribution is -2.53. The lowest BCUT2D eigenvalue weighted by Gasteiger charge is -2.38. The summed E-state index contributed by atoms with van der Waals surface area (Å²) in [5.74, 6) is 0.939. The van der Waals surface area contributed by atoms with Crippen molar-refractivity contribution in [3.63, 3.8) is 0 Å². The van der Waals surface area contributed by atoms with Gasteiger partial charge in [-0.3, -0.25) is 14.5 Å². The van der Waals surface area contributed by atoms with Crippen LogP contribution in [0.15, 0.2) is 30.3 Å². The van der Waals surface area contributed by atoms with Crippen LogP contribution < -0.4 is 4.74 Å². The fourth-order valence-electron chi connectivity index (χ4n) is 3.66. The third-order valence-corrected chi connectivity index (χ3v) is 5.31. The number of benzene rings is 1. The average Bonchev–Trinajstić information content (AvgIpc) is 2.68. The Kier molecular flexibility index (Phi) is 6.50. The molecule has 1 aromatic rings. The quantitative estimate of drug-likeness (QED) is 0.802. The third kappa shape index (κ3) is 4.97. The molecule has 2 fully saturated rings. The maximum absolute atomic E-state index is 12.5. The molecule has 0 saturated carbocycles.